The van der Waals surface area contributed by atoms with E-state index in [1.54, 1.807) is 23.0 Å². The molecule has 3 rings (SSSR count). The molecule has 1 N–H and O–H groups in total. The van der Waals surface area contributed by atoms with E-state index in [-0.39, 0.29) is 12.4 Å². The van der Waals surface area contributed by atoms with Crippen molar-refractivity contribution in [1.29, 1.82) is 0 Å². The molecule has 2 unspecified atom stereocenters. The Morgan fingerprint density at radius 2 is 2.00 bits per heavy atom. The van der Waals surface area contributed by atoms with Crippen LogP contribution in [0.4, 0.5) is 0 Å². The van der Waals surface area contributed by atoms with Crippen molar-refractivity contribution in [2.45, 2.75) is 43.2 Å². The molecule has 6 nitrogen and oxygen atoms in total. The van der Waals surface area contributed by atoms with E-state index in [9.17, 15) is 8.42 Å². The predicted molar refractivity (Wildman–Crippen MR) is 78.5 cm³/mol. The average molecular weight is 321 g/mol. The lowest BCUT2D eigenvalue weighted by Gasteiger charge is -2.23. The van der Waals surface area contributed by atoms with Crippen LogP contribution in [0.3, 0.4) is 0 Å². The first-order valence-electron chi connectivity index (χ1n) is 6.73. The second-order valence-corrected chi connectivity index (χ2v) is 7.41. The summed E-state index contributed by atoms with van der Waals surface area (Å²) in [4.78, 5) is 0.341. The topological polar surface area (TPSA) is 67.2 Å². The quantitative estimate of drug-likeness (QED) is 0.869. The molecule has 0 amide bonds. The standard InChI is InChI=1S/C12H20N4O2S.ClH/c1-9-12(7-13-15(9)2)19(17,18)16-6-5-10-3-4-11(8-16)14-10;/h7,10-11,14H,3-6,8H2,1-2H3;1H. The Bertz CT molecular complexity index is 586. The zero-order chi connectivity index (χ0) is 13.6. The van der Waals surface area contributed by atoms with Crippen molar-refractivity contribution in [3.05, 3.63) is 11.9 Å². The number of aryl methyl sites for hydroxylation is 1. The van der Waals surface area contributed by atoms with Gasteiger partial charge >= 0.3 is 0 Å². The summed E-state index contributed by atoms with van der Waals surface area (Å²) in [6.45, 7) is 2.97. The highest BCUT2D eigenvalue weighted by atomic mass is 35.5. The van der Waals surface area contributed by atoms with Crippen molar-refractivity contribution in [3.63, 3.8) is 0 Å². The van der Waals surface area contributed by atoms with Gasteiger partial charge in [-0.2, -0.15) is 9.40 Å². The van der Waals surface area contributed by atoms with Gasteiger partial charge in [-0.25, -0.2) is 8.42 Å². The van der Waals surface area contributed by atoms with Gasteiger partial charge < -0.3 is 5.32 Å². The molecule has 2 aliphatic rings. The SMILES string of the molecule is Cc1c(S(=O)(=O)N2CCC3CCC(C2)N3)cnn1C.Cl. The Morgan fingerprint density at radius 3 is 2.65 bits per heavy atom. The first-order valence-corrected chi connectivity index (χ1v) is 8.17. The molecule has 2 fully saturated rings. The van der Waals surface area contributed by atoms with Crippen LogP contribution in [-0.4, -0.2) is 47.7 Å². The number of fused-ring (bicyclic) bond motifs is 2. The molecular formula is C12H21ClN4O2S. The number of hydrogen-bond donors (Lipinski definition) is 1. The summed E-state index contributed by atoms with van der Waals surface area (Å²) < 4.78 is 28.6. The first-order chi connectivity index (χ1) is 8.98. The third-order valence-electron chi connectivity index (χ3n) is 4.29. The molecule has 20 heavy (non-hydrogen) atoms. The maximum Gasteiger partial charge on any atom is 0.246 e. The summed E-state index contributed by atoms with van der Waals surface area (Å²) in [5.74, 6) is 0. The van der Waals surface area contributed by atoms with Crippen molar-refractivity contribution in [1.82, 2.24) is 19.4 Å². The van der Waals surface area contributed by atoms with Gasteiger partial charge in [0.1, 0.15) is 4.90 Å². The second-order valence-electron chi connectivity index (χ2n) is 5.51. The molecule has 1 aromatic heterocycles. The molecule has 0 aromatic carbocycles. The van der Waals surface area contributed by atoms with E-state index in [2.05, 4.69) is 10.4 Å². The molecule has 0 aliphatic carbocycles. The summed E-state index contributed by atoms with van der Waals surface area (Å²) in [6.07, 6.45) is 4.60. The van der Waals surface area contributed by atoms with E-state index in [1.807, 2.05) is 0 Å². The number of nitrogens with one attached hydrogen (secondary N) is 1. The molecule has 2 atom stereocenters. The number of sulfonamides is 1. The highest BCUT2D eigenvalue weighted by Gasteiger charge is 2.36. The van der Waals surface area contributed by atoms with Gasteiger partial charge in [-0.05, 0) is 26.2 Å². The molecule has 114 valence electrons. The highest BCUT2D eigenvalue weighted by molar-refractivity contribution is 7.89. The number of nitrogens with zero attached hydrogens (tertiary/aromatic N) is 3. The molecule has 0 saturated carbocycles. The van der Waals surface area contributed by atoms with Crippen molar-refractivity contribution < 1.29 is 8.42 Å². The van der Waals surface area contributed by atoms with Crippen LogP contribution < -0.4 is 5.32 Å². The van der Waals surface area contributed by atoms with Gasteiger partial charge in [0.2, 0.25) is 10.0 Å². The van der Waals surface area contributed by atoms with Crippen LogP contribution in [0.1, 0.15) is 25.0 Å². The number of rotatable bonds is 2. The largest absolute Gasteiger partial charge is 0.310 e. The Labute approximate surface area is 126 Å². The summed E-state index contributed by atoms with van der Waals surface area (Å²) in [5.41, 5.74) is 0.697. The van der Waals surface area contributed by atoms with Gasteiger partial charge in [0.25, 0.3) is 0 Å². The summed E-state index contributed by atoms with van der Waals surface area (Å²) in [6, 6.07) is 0.791. The van der Waals surface area contributed by atoms with Crippen molar-refractivity contribution in [2.24, 2.45) is 7.05 Å². The summed E-state index contributed by atoms with van der Waals surface area (Å²) in [7, 11) is -1.64. The Morgan fingerprint density at radius 1 is 1.30 bits per heavy atom. The van der Waals surface area contributed by atoms with E-state index in [0.717, 1.165) is 12.8 Å². The fourth-order valence-electron chi connectivity index (χ4n) is 3.00. The monoisotopic (exact) mass is 320 g/mol. The fourth-order valence-corrected chi connectivity index (χ4v) is 4.69. The van der Waals surface area contributed by atoms with Gasteiger partial charge in [0.05, 0.1) is 11.9 Å². The first kappa shape index (κ1) is 15.8. The molecule has 8 heteroatoms. The average Bonchev–Trinajstić information content (AvgIpc) is 2.83. The minimum absolute atomic E-state index is 0. The Hall–Kier alpha value is -0.630. The van der Waals surface area contributed by atoms with Crippen LogP contribution in [0, 0.1) is 6.92 Å². The molecular weight excluding hydrogens is 300 g/mol. The van der Waals surface area contributed by atoms with Crippen LogP contribution in [0.2, 0.25) is 0 Å². The summed E-state index contributed by atoms with van der Waals surface area (Å²) >= 11 is 0. The maximum atomic E-state index is 12.7. The van der Waals surface area contributed by atoms with Gasteiger partial charge in [-0.1, -0.05) is 0 Å². The van der Waals surface area contributed by atoms with Gasteiger partial charge in [0, 0.05) is 32.2 Å². The lowest BCUT2D eigenvalue weighted by molar-refractivity contribution is 0.383. The van der Waals surface area contributed by atoms with Crippen LogP contribution in [0.15, 0.2) is 11.1 Å². The molecule has 2 aliphatic heterocycles. The number of aromatic nitrogens is 2. The summed E-state index contributed by atoms with van der Waals surface area (Å²) in [5, 5.41) is 7.54. The van der Waals surface area contributed by atoms with Crippen LogP contribution in [0.5, 0.6) is 0 Å². The zero-order valence-electron chi connectivity index (χ0n) is 11.7. The maximum absolute atomic E-state index is 12.7. The molecule has 1 aromatic rings. The van der Waals surface area contributed by atoms with E-state index in [1.165, 1.54) is 12.6 Å². The smallest absolute Gasteiger partial charge is 0.246 e. The van der Waals surface area contributed by atoms with Crippen LogP contribution in [-0.2, 0) is 17.1 Å². The minimum Gasteiger partial charge on any atom is -0.310 e. The van der Waals surface area contributed by atoms with Gasteiger partial charge in [0.15, 0.2) is 0 Å². The third kappa shape index (κ3) is 2.59. The van der Waals surface area contributed by atoms with Gasteiger partial charge in [-0.15, -0.1) is 12.4 Å². The molecule has 2 saturated heterocycles. The minimum atomic E-state index is -3.41. The zero-order valence-corrected chi connectivity index (χ0v) is 13.4. The Kier molecular flexibility index (Phi) is 4.44. The fraction of sp³-hybridized carbons (Fsp3) is 0.750. The van der Waals surface area contributed by atoms with Gasteiger partial charge in [-0.3, -0.25) is 4.68 Å². The molecule has 3 heterocycles. The van der Waals surface area contributed by atoms with Crippen LogP contribution in [0.25, 0.3) is 0 Å². The van der Waals surface area contributed by atoms with E-state index in [4.69, 9.17) is 0 Å². The van der Waals surface area contributed by atoms with E-state index < -0.39 is 10.0 Å². The number of halogens is 1. The second kappa shape index (κ2) is 5.63. The molecule has 2 bridgehead atoms. The Balaban J connectivity index is 0.00000147. The van der Waals surface area contributed by atoms with Crippen molar-refractivity contribution in [2.75, 3.05) is 13.1 Å². The number of hydrogen-bond acceptors (Lipinski definition) is 4. The van der Waals surface area contributed by atoms with E-state index in [0.29, 0.717) is 35.8 Å². The van der Waals surface area contributed by atoms with Crippen LogP contribution >= 0.6 is 12.4 Å². The van der Waals surface area contributed by atoms with Crippen molar-refractivity contribution in [3.8, 4) is 0 Å². The normalized spacial score (nSPS) is 27.1. The highest BCUT2D eigenvalue weighted by Crippen LogP contribution is 2.26. The van der Waals surface area contributed by atoms with Crippen molar-refractivity contribution >= 4 is 22.4 Å². The lowest BCUT2D eigenvalue weighted by Crippen LogP contribution is -2.39. The van der Waals surface area contributed by atoms with E-state index >= 15 is 0 Å². The lowest BCUT2D eigenvalue weighted by atomic mass is 10.1. The third-order valence-corrected chi connectivity index (χ3v) is 6.26. The predicted octanol–water partition coefficient (Wildman–Crippen LogP) is 0.665. The molecule has 0 spiro atoms. The molecule has 0 radical (unpaired) electrons.